The van der Waals surface area contributed by atoms with E-state index in [1.54, 1.807) is 0 Å². The summed E-state index contributed by atoms with van der Waals surface area (Å²) in [5.41, 5.74) is 2.59. The normalized spacial score (nSPS) is 21.2. The van der Waals surface area contributed by atoms with Gasteiger partial charge in [-0.1, -0.05) is 6.07 Å². The van der Waals surface area contributed by atoms with Crippen LogP contribution < -0.4 is 16.0 Å². The van der Waals surface area contributed by atoms with Gasteiger partial charge in [0.15, 0.2) is 0 Å². The minimum atomic E-state index is -0.0384. The van der Waals surface area contributed by atoms with Crippen LogP contribution in [0.3, 0.4) is 0 Å². The summed E-state index contributed by atoms with van der Waals surface area (Å²) in [6.45, 7) is 3.12. The van der Waals surface area contributed by atoms with Gasteiger partial charge in [0.1, 0.15) is 0 Å². The maximum Gasteiger partial charge on any atom is 0.253 e. The van der Waals surface area contributed by atoms with Crippen LogP contribution in [0.5, 0.6) is 0 Å². The molecule has 1 amide bonds. The smallest absolute Gasteiger partial charge is 0.253 e. The van der Waals surface area contributed by atoms with Crippen LogP contribution in [0.4, 0.5) is 11.4 Å². The number of hydrogen-bond acceptors (Lipinski definition) is 4. The van der Waals surface area contributed by atoms with Gasteiger partial charge in [-0.2, -0.15) is 0 Å². The Hall–Kier alpha value is -1.75. The largest absolute Gasteiger partial charge is 0.382 e. The molecule has 2 heterocycles. The van der Waals surface area contributed by atoms with Gasteiger partial charge in [0.05, 0.1) is 23.0 Å². The molecule has 0 aromatic heterocycles. The molecule has 0 aliphatic carbocycles. The first kappa shape index (κ1) is 12.3. The standard InChI is InChI=1S/C14H19N3O2/c18-14(17-9-10-3-2-8-19-10)11-4-1-5-12-13(11)16-7-6-15-12/h1,4-5,10,15-16H,2-3,6-9H2,(H,17,18). The summed E-state index contributed by atoms with van der Waals surface area (Å²) in [5, 5.41) is 9.53. The first-order valence-corrected chi connectivity index (χ1v) is 6.85. The number of anilines is 2. The van der Waals surface area contributed by atoms with Crippen molar-refractivity contribution < 1.29 is 9.53 Å². The number of fused-ring (bicyclic) bond motifs is 1. The maximum absolute atomic E-state index is 12.2. The van der Waals surface area contributed by atoms with Crippen LogP contribution in [0.2, 0.25) is 0 Å². The van der Waals surface area contributed by atoms with Gasteiger partial charge in [-0.25, -0.2) is 0 Å². The van der Waals surface area contributed by atoms with E-state index in [1.165, 1.54) is 0 Å². The molecule has 5 heteroatoms. The molecule has 3 rings (SSSR count). The number of carbonyl (C=O) groups is 1. The minimum absolute atomic E-state index is 0.0384. The van der Waals surface area contributed by atoms with Crippen LogP contribution in [-0.2, 0) is 4.74 Å². The minimum Gasteiger partial charge on any atom is -0.382 e. The van der Waals surface area contributed by atoms with E-state index in [9.17, 15) is 4.79 Å². The summed E-state index contributed by atoms with van der Waals surface area (Å²) in [4.78, 5) is 12.2. The van der Waals surface area contributed by atoms with Crippen molar-refractivity contribution in [1.82, 2.24) is 5.32 Å². The summed E-state index contributed by atoms with van der Waals surface area (Å²) in [5.74, 6) is -0.0384. The van der Waals surface area contributed by atoms with Crippen LogP contribution in [0.25, 0.3) is 0 Å². The predicted molar refractivity (Wildman–Crippen MR) is 74.7 cm³/mol. The Morgan fingerprint density at radius 2 is 2.26 bits per heavy atom. The molecular formula is C14H19N3O2. The van der Waals surface area contributed by atoms with E-state index in [2.05, 4.69) is 16.0 Å². The molecule has 0 spiro atoms. The quantitative estimate of drug-likeness (QED) is 0.770. The van der Waals surface area contributed by atoms with Crippen molar-refractivity contribution in [3.63, 3.8) is 0 Å². The third-order valence-electron chi connectivity index (χ3n) is 3.57. The molecule has 1 aromatic carbocycles. The highest BCUT2D eigenvalue weighted by Gasteiger charge is 2.20. The van der Waals surface area contributed by atoms with E-state index in [0.717, 1.165) is 43.9 Å². The highest BCUT2D eigenvalue weighted by Crippen LogP contribution is 2.28. The Balaban J connectivity index is 1.68. The highest BCUT2D eigenvalue weighted by atomic mass is 16.5. The fourth-order valence-electron chi connectivity index (χ4n) is 2.57. The highest BCUT2D eigenvalue weighted by molar-refractivity contribution is 6.02. The van der Waals surface area contributed by atoms with Gasteiger partial charge in [-0.05, 0) is 25.0 Å². The zero-order valence-electron chi connectivity index (χ0n) is 10.9. The lowest BCUT2D eigenvalue weighted by atomic mass is 10.1. The lowest BCUT2D eigenvalue weighted by Crippen LogP contribution is -2.33. The SMILES string of the molecule is O=C(NCC1CCCO1)c1cccc2c1NCCN2. The molecule has 102 valence electrons. The Morgan fingerprint density at radius 1 is 1.37 bits per heavy atom. The topological polar surface area (TPSA) is 62.4 Å². The molecule has 1 fully saturated rings. The van der Waals surface area contributed by atoms with Crippen molar-refractivity contribution in [3.05, 3.63) is 23.8 Å². The number of ether oxygens (including phenoxy) is 1. The van der Waals surface area contributed by atoms with Crippen molar-refractivity contribution >= 4 is 17.3 Å². The predicted octanol–water partition coefficient (Wildman–Crippen LogP) is 1.43. The van der Waals surface area contributed by atoms with Crippen LogP contribution in [0.15, 0.2) is 18.2 Å². The van der Waals surface area contributed by atoms with E-state index < -0.39 is 0 Å². The zero-order valence-corrected chi connectivity index (χ0v) is 10.9. The van der Waals surface area contributed by atoms with E-state index in [0.29, 0.717) is 12.1 Å². The average molecular weight is 261 g/mol. The Kier molecular flexibility index (Phi) is 3.55. The molecule has 2 aliphatic rings. The molecule has 1 unspecified atom stereocenters. The number of para-hydroxylation sites is 1. The van der Waals surface area contributed by atoms with Crippen LogP contribution in [0, 0.1) is 0 Å². The van der Waals surface area contributed by atoms with E-state index >= 15 is 0 Å². The van der Waals surface area contributed by atoms with Gasteiger partial charge in [0.2, 0.25) is 0 Å². The number of amides is 1. The summed E-state index contributed by atoms with van der Waals surface area (Å²) in [7, 11) is 0. The van der Waals surface area contributed by atoms with Crippen LogP contribution in [-0.4, -0.2) is 38.3 Å². The summed E-state index contributed by atoms with van der Waals surface area (Å²) in [6, 6.07) is 5.74. The van der Waals surface area contributed by atoms with Gasteiger partial charge in [-0.3, -0.25) is 4.79 Å². The first-order chi connectivity index (χ1) is 9.34. The molecule has 1 saturated heterocycles. The van der Waals surface area contributed by atoms with E-state index in [-0.39, 0.29) is 12.0 Å². The fraction of sp³-hybridized carbons (Fsp3) is 0.500. The van der Waals surface area contributed by atoms with E-state index in [4.69, 9.17) is 4.74 Å². The lowest BCUT2D eigenvalue weighted by Gasteiger charge is -2.22. The number of rotatable bonds is 3. The van der Waals surface area contributed by atoms with Gasteiger partial charge >= 0.3 is 0 Å². The molecule has 0 bridgehead atoms. The molecule has 2 aliphatic heterocycles. The third-order valence-corrected chi connectivity index (χ3v) is 3.57. The second-order valence-electron chi connectivity index (χ2n) is 4.93. The lowest BCUT2D eigenvalue weighted by molar-refractivity contribution is 0.0858. The summed E-state index contributed by atoms with van der Waals surface area (Å²) >= 11 is 0. The summed E-state index contributed by atoms with van der Waals surface area (Å²) < 4.78 is 5.51. The molecule has 0 radical (unpaired) electrons. The average Bonchev–Trinajstić information content (AvgIpc) is 2.97. The van der Waals surface area contributed by atoms with Crippen LogP contribution in [0.1, 0.15) is 23.2 Å². The molecule has 1 atom stereocenters. The zero-order chi connectivity index (χ0) is 13.1. The van der Waals surface area contributed by atoms with Crippen molar-refractivity contribution in [2.24, 2.45) is 0 Å². The van der Waals surface area contributed by atoms with Crippen molar-refractivity contribution in [2.75, 3.05) is 36.9 Å². The monoisotopic (exact) mass is 261 g/mol. The number of benzene rings is 1. The van der Waals surface area contributed by atoms with Gasteiger partial charge < -0.3 is 20.7 Å². The fourth-order valence-corrected chi connectivity index (χ4v) is 2.57. The third kappa shape index (κ3) is 2.66. The van der Waals surface area contributed by atoms with Crippen LogP contribution >= 0.6 is 0 Å². The van der Waals surface area contributed by atoms with Gasteiger partial charge in [-0.15, -0.1) is 0 Å². The molecule has 19 heavy (non-hydrogen) atoms. The van der Waals surface area contributed by atoms with Gasteiger partial charge in [0, 0.05) is 26.2 Å². The molecular weight excluding hydrogens is 242 g/mol. The molecule has 0 saturated carbocycles. The van der Waals surface area contributed by atoms with Crippen molar-refractivity contribution in [1.29, 1.82) is 0 Å². The second kappa shape index (κ2) is 5.48. The first-order valence-electron chi connectivity index (χ1n) is 6.85. The van der Waals surface area contributed by atoms with Gasteiger partial charge in [0.25, 0.3) is 5.91 Å². The molecule has 3 N–H and O–H groups in total. The maximum atomic E-state index is 12.2. The Bertz CT molecular complexity index is 470. The Morgan fingerprint density at radius 3 is 3.11 bits per heavy atom. The molecule has 1 aromatic rings. The summed E-state index contributed by atoms with van der Waals surface area (Å²) in [6.07, 6.45) is 2.30. The Labute approximate surface area is 112 Å². The van der Waals surface area contributed by atoms with Crippen molar-refractivity contribution in [2.45, 2.75) is 18.9 Å². The number of carbonyl (C=O) groups excluding carboxylic acids is 1. The molecule has 5 nitrogen and oxygen atoms in total. The second-order valence-corrected chi connectivity index (χ2v) is 4.93. The number of hydrogen-bond donors (Lipinski definition) is 3. The van der Waals surface area contributed by atoms with E-state index in [1.807, 2.05) is 18.2 Å². The number of nitrogens with one attached hydrogen (secondary N) is 3. The van der Waals surface area contributed by atoms with Crippen molar-refractivity contribution in [3.8, 4) is 0 Å².